The highest BCUT2D eigenvalue weighted by Crippen LogP contribution is 2.27. The molecular formula is C15H23N. The molecule has 0 bridgehead atoms. The largest absolute Gasteiger partial charge is 0.310 e. The van der Waals surface area contributed by atoms with Crippen LogP contribution in [0.3, 0.4) is 0 Å². The van der Waals surface area contributed by atoms with Gasteiger partial charge in [-0.05, 0) is 38.2 Å². The third kappa shape index (κ3) is 3.08. The summed E-state index contributed by atoms with van der Waals surface area (Å²) in [6.07, 6.45) is 5.70. The van der Waals surface area contributed by atoms with Crippen LogP contribution in [0.1, 0.15) is 43.7 Å². The third-order valence-corrected chi connectivity index (χ3v) is 3.82. The van der Waals surface area contributed by atoms with Gasteiger partial charge in [0, 0.05) is 12.6 Å². The summed E-state index contributed by atoms with van der Waals surface area (Å²) in [4.78, 5) is 0. The normalized spacial score (nSPS) is 18.9. The molecule has 1 fully saturated rings. The van der Waals surface area contributed by atoms with Crippen molar-refractivity contribution in [2.45, 2.75) is 52.1 Å². The summed E-state index contributed by atoms with van der Waals surface area (Å²) in [6, 6.07) is 9.45. The third-order valence-electron chi connectivity index (χ3n) is 3.82. The molecule has 1 N–H and O–H groups in total. The first kappa shape index (κ1) is 11.7. The van der Waals surface area contributed by atoms with Crippen LogP contribution in [0.25, 0.3) is 0 Å². The lowest BCUT2D eigenvalue weighted by molar-refractivity contribution is 0.380. The molecule has 0 aliphatic heterocycles. The Kier molecular flexibility index (Phi) is 4.00. The number of aryl methyl sites for hydroxylation is 1. The fourth-order valence-electron chi connectivity index (χ4n) is 2.73. The van der Waals surface area contributed by atoms with Crippen molar-refractivity contribution in [3.8, 4) is 0 Å². The topological polar surface area (TPSA) is 12.0 Å². The Morgan fingerprint density at radius 3 is 2.75 bits per heavy atom. The average Bonchev–Trinajstić information content (AvgIpc) is 2.79. The van der Waals surface area contributed by atoms with Crippen molar-refractivity contribution < 1.29 is 0 Å². The van der Waals surface area contributed by atoms with E-state index >= 15 is 0 Å². The van der Waals surface area contributed by atoms with Gasteiger partial charge < -0.3 is 5.32 Å². The van der Waals surface area contributed by atoms with Crippen molar-refractivity contribution in [1.82, 2.24) is 5.32 Å². The first-order valence-electron chi connectivity index (χ1n) is 6.54. The molecule has 0 spiro atoms. The van der Waals surface area contributed by atoms with Gasteiger partial charge >= 0.3 is 0 Å². The van der Waals surface area contributed by atoms with E-state index < -0.39 is 0 Å². The number of hydrogen-bond acceptors (Lipinski definition) is 1. The molecule has 0 heterocycles. The molecule has 0 amide bonds. The summed E-state index contributed by atoms with van der Waals surface area (Å²) in [6.45, 7) is 5.51. The molecule has 1 aromatic rings. The zero-order chi connectivity index (χ0) is 11.4. The molecule has 0 radical (unpaired) electrons. The van der Waals surface area contributed by atoms with E-state index in [-0.39, 0.29) is 0 Å². The predicted molar refractivity (Wildman–Crippen MR) is 69.4 cm³/mol. The summed E-state index contributed by atoms with van der Waals surface area (Å²) in [5.74, 6) is 0.907. The zero-order valence-corrected chi connectivity index (χ0v) is 10.5. The number of benzene rings is 1. The second-order valence-electron chi connectivity index (χ2n) is 5.20. The summed E-state index contributed by atoms with van der Waals surface area (Å²) >= 11 is 0. The molecule has 1 saturated carbocycles. The Morgan fingerprint density at radius 2 is 2.06 bits per heavy atom. The molecule has 0 unspecified atom stereocenters. The molecule has 0 aromatic heterocycles. The minimum atomic E-state index is 0.669. The molecule has 88 valence electrons. The number of hydrogen-bond donors (Lipinski definition) is 1. The highest BCUT2D eigenvalue weighted by Gasteiger charge is 2.20. The van der Waals surface area contributed by atoms with Gasteiger partial charge in [-0.25, -0.2) is 0 Å². The van der Waals surface area contributed by atoms with Gasteiger partial charge in [0.2, 0.25) is 0 Å². The van der Waals surface area contributed by atoms with Crippen molar-refractivity contribution in [2.24, 2.45) is 5.92 Å². The molecular weight excluding hydrogens is 194 g/mol. The minimum Gasteiger partial charge on any atom is -0.310 e. The van der Waals surface area contributed by atoms with Crippen molar-refractivity contribution in [3.63, 3.8) is 0 Å². The second-order valence-corrected chi connectivity index (χ2v) is 5.20. The van der Waals surface area contributed by atoms with Crippen molar-refractivity contribution >= 4 is 0 Å². The van der Waals surface area contributed by atoms with Gasteiger partial charge in [-0.2, -0.15) is 0 Å². The molecule has 1 aliphatic rings. The van der Waals surface area contributed by atoms with Crippen LogP contribution >= 0.6 is 0 Å². The molecule has 16 heavy (non-hydrogen) atoms. The number of nitrogens with one attached hydrogen (secondary N) is 1. The van der Waals surface area contributed by atoms with Crippen LogP contribution in [-0.4, -0.2) is 6.04 Å². The van der Waals surface area contributed by atoms with E-state index in [2.05, 4.69) is 43.4 Å². The molecule has 1 nitrogen and oxygen atoms in total. The van der Waals surface area contributed by atoms with Gasteiger partial charge in [-0.15, -0.1) is 0 Å². The second kappa shape index (κ2) is 5.49. The Bertz CT molecular complexity index is 326. The van der Waals surface area contributed by atoms with Crippen LogP contribution in [-0.2, 0) is 6.54 Å². The fourth-order valence-corrected chi connectivity index (χ4v) is 2.73. The van der Waals surface area contributed by atoms with Gasteiger partial charge in [-0.1, -0.05) is 42.7 Å². The Hall–Kier alpha value is -0.820. The molecule has 1 heteroatoms. The van der Waals surface area contributed by atoms with Crippen LogP contribution in [0, 0.1) is 12.8 Å². The van der Waals surface area contributed by atoms with Crippen LogP contribution in [0.15, 0.2) is 24.3 Å². The SMILES string of the molecule is Cc1cccc(CN[C@@H](C)C2CCCC2)c1. The maximum Gasteiger partial charge on any atom is 0.0208 e. The van der Waals surface area contributed by atoms with Gasteiger partial charge in [-0.3, -0.25) is 0 Å². The standard InChI is InChI=1S/C15H23N/c1-12-6-5-7-14(10-12)11-16-13(2)15-8-3-4-9-15/h5-7,10,13,15-16H,3-4,8-9,11H2,1-2H3/t13-/m0/s1. The van der Waals surface area contributed by atoms with Crippen molar-refractivity contribution in [1.29, 1.82) is 0 Å². The summed E-state index contributed by atoms with van der Waals surface area (Å²) in [7, 11) is 0. The molecule has 1 atom stereocenters. The van der Waals surface area contributed by atoms with Crippen LogP contribution in [0.5, 0.6) is 0 Å². The number of rotatable bonds is 4. The van der Waals surface area contributed by atoms with E-state index in [1.54, 1.807) is 0 Å². The monoisotopic (exact) mass is 217 g/mol. The highest BCUT2D eigenvalue weighted by molar-refractivity contribution is 5.22. The quantitative estimate of drug-likeness (QED) is 0.811. The zero-order valence-electron chi connectivity index (χ0n) is 10.5. The maximum absolute atomic E-state index is 3.67. The van der Waals surface area contributed by atoms with E-state index in [1.165, 1.54) is 36.8 Å². The van der Waals surface area contributed by atoms with E-state index in [4.69, 9.17) is 0 Å². The summed E-state index contributed by atoms with van der Waals surface area (Å²) in [5.41, 5.74) is 2.76. The fraction of sp³-hybridized carbons (Fsp3) is 0.600. The minimum absolute atomic E-state index is 0.669. The van der Waals surface area contributed by atoms with Crippen molar-refractivity contribution in [2.75, 3.05) is 0 Å². The molecule has 1 aliphatic carbocycles. The average molecular weight is 217 g/mol. The molecule has 2 rings (SSSR count). The van der Waals surface area contributed by atoms with Gasteiger partial charge in [0.15, 0.2) is 0 Å². The van der Waals surface area contributed by atoms with Gasteiger partial charge in [0.25, 0.3) is 0 Å². The highest BCUT2D eigenvalue weighted by atomic mass is 14.9. The first-order chi connectivity index (χ1) is 7.75. The predicted octanol–water partition coefficient (Wildman–Crippen LogP) is 3.66. The summed E-state index contributed by atoms with van der Waals surface area (Å²) in [5, 5.41) is 3.67. The lowest BCUT2D eigenvalue weighted by Crippen LogP contribution is -2.31. The van der Waals surface area contributed by atoms with Crippen LogP contribution < -0.4 is 5.32 Å². The van der Waals surface area contributed by atoms with Gasteiger partial charge in [0.05, 0.1) is 0 Å². The smallest absolute Gasteiger partial charge is 0.0208 e. The van der Waals surface area contributed by atoms with Crippen LogP contribution in [0.2, 0.25) is 0 Å². The van der Waals surface area contributed by atoms with E-state index in [1.807, 2.05) is 0 Å². The molecule has 1 aromatic carbocycles. The van der Waals surface area contributed by atoms with Crippen molar-refractivity contribution in [3.05, 3.63) is 35.4 Å². The Labute approximate surface area is 99.3 Å². The Balaban J connectivity index is 1.82. The lowest BCUT2D eigenvalue weighted by Gasteiger charge is -2.20. The molecule has 0 saturated heterocycles. The first-order valence-corrected chi connectivity index (χ1v) is 6.54. The van der Waals surface area contributed by atoms with E-state index in [0.717, 1.165) is 12.5 Å². The van der Waals surface area contributed by atoms with Crippen LogP contribution in [0.4, 0.5) is 0 Å². The van der Waals surface area contributed by atoms with E-state index in [0.29, 0.717) is 6.04 Å². The maximum atomic E-state index is 3.67. The summed E-state index contributed by atoms with van der Waals surface area (Å²) < 4.78 is 0. The van der Waals surface area contributed by atoms with E-state index in [9.17, 15) is 0 Å². The lowest BCUT2D eigenvalue weighted by atomic mass is 9.99. The Morgan fingerprint density at radius 1 is 1.31 bits per heavy atom. The van der Waals surface area contributed by atoms with Gasteiger partial charge in [0.1, 0.15) is 0 Å².